The SMILES string of the molecule is CC(C)(C)CC(C)(CC(=O)O)OOC(C)(C)C.CC(C)(C)OOC(C)(C)C#CC(C)(C)OOC(C)(C)C. The molecule has 0 fully saturated rings. The van der Waals surface area contributed by atoms with Gasteiger partial charge >= 0.3 is 5.97 Å². The van der Waals surface area contributed by atoms with Gasteiger partial charge in [0.15, 0.2) is 11.2 Å². The van der Waals surface area contributed by atoms with Crippen LogP contribution in [0.25, 0.3) is 0 Å². The summed E-state index contributed by atoms with van der Waals surface area (Å²) in [6.45, 7) is 32.4. The summed E-state index contributed by atoms with van der Waals surface area (Å²) in [5.41, 5.74) is -3.48. The molecule has 0 aliphatic carbocycles. The van der Waals surface area contributed by atoms with Crippen molar-refractivity contribution in [1.29, 1.82) is 0 Å². The molecule has 0 aromatic heterocycles. The lowest BCUT2D eigenvalue weighted by Crippen LogP contribution is -2.38. The molecule has 0 bridgehead atoms. The molecule has 1 unspecified atom stereocenters. The van der Waals surface area contributed by atoms with E-state index in [2.05, 4.69) is 11.8 Å². The highest BCUT2D eigenvalue weighted by molar-refractivity contribution is 5.68. The number of carboxylic acid groups (broad SMARTS) is 1. The molecule has 0 aliphatic rings. The molecule has 1 N–H and O–H groups in total. The summed E-state index contributed by atoms with van der Waals surface area (Å²) < 4.78 is 0. The minimum absolute atomic E-state index is 0.0224. The molecule has 8 heteroatoms. The summed E-state index contributed by atoms with van der Waals surface area (Å²) in [7, 11) is 0. The molecule has 8 nitrogen and oxygen atoms in total. The van der Waals surface area contributed by atoms with E-state index in [0.717, 1.165) is 0 Å². The molecule has 1 atom stereocenters. The molecule has 0 aromatic carbocycles. The smallest absolute Gasteiger partial charge is 0.306 e. The van der Waals surface area contributed by atoms with Crippen LogP contribution in [-0.2, 0) is 34.1 Å². The highest BCUT2D eigenvalue weighted by Crippen LogP contribution is 2.33. The maximum atomic E-state index is 10.9. The zero-order valence-electron chi connectivity index (χ0n) is 26.7. The van der Waals surface area contributed by atoms with Crippen LogP contribution < -0.4 is 0 Å². The zero-order chi connectivity index (χ0) is 30.1. The molecule has 0 aliphatic heterocycles. The maximum Gasteiger partial charge on any atom is 0.306 e. The van der Waals surface area contributed by atoms with Gasteiger partial charge in [-0.3, -0.25) is 4.79 Å². The van der Waals surface area contributed by atoms with Gasteiger partial charge in [0.2, 0.25) is 0 Å². The second kappa shape index (κ2) is 13.7. The van der Waals surface area contributed by atoms with Crippen LogP contribution in [0.3, 0.4) is 0 Å². The van der Waals surface area contributed by atoms with E-state index in [1.807, 2.05) is 111 Å². The van der Waals surface area contributed by atoms with Gasteiger partial charge in [0.05, 0.1) is 23.2 Å². The average molecular weight is 533 g/mol. The van der Waals surface area contributed by atoms with Crippen molar-refractivity contribution in [2.24, 2.45) is 5.41 Å². The van der Waals surface area contributed by atoms with Gasteiger partial charge in [-0.05, 0) is 109 Å². The van der Waals surface area contributed by atoms with Crippen LogP contribution in [0.1, 0.15) is 131 Å². The van der Waals surface area contributed by atoms with Crippen molar-refractivity contribution >= 4 is 5.97 Å². The summed E-state index contributed by atoms with van der Waals surface area (Å²) >= 11 is 0. The van der Waals surface area contributed by atoms with Crippen molar-refractivity contribution in [2.75, 3.05) is 0 Å². The quantitative estimate of drug-likeness (QED) is 0.186. The number of hydrogen-bond acceptors (Lipinski definition) is 7. The van der Waals surface area contributed by atoms with Gasteiger partial charge in [0, 0.05) is 0 Å². The monoisotopic (exact) mass is 532 g/mol. The fraction of sp³-hybridized carbons (Fsp3) is 0.897. The Bertz CT molecular complexity index is 712. The van der Waals surface area contributed by atoms with Crippen molar-refractivity contribution in [2.45, 2.75) is 164 Å². The van der Waals surface area contributed by atoms with Gasteiger partial charge in [0.25, 0.3) is 0 Å². The predicted octanol–water partition coefficient (Wildman–Crippen LogP) is 7.44. The van der Waals surface area contributed by atoms with E-state index in [4.69, 9.17) is 34.4 Å². The zero-order valence-corrected chi connectivity index (χ0v) is 26.7. The van der Waals surface area contributed by atoms with Gasteiger partial charge in [-0.25, -0.2) is 29.3 Å². The number of aliphatic carboxylic acids is 1. The second-order valence-electron chi connectivity index (χ2n) is 14.9. The molecule has 0 amide bonds. The third kappa shape index (κ3) is 26.2. The van der Waals surface area contributed by atoms with Crippen LogP contribution in [0.2, 0.25) is 0 Å². The second-order valence-corrected chi connectivity index (χ2v) is 14.9. The number of carbonyl (C=O) groups is 1. The molecular formula is C29H56O8. The van der Waals surface area contributed by atoms with Crippen molar-refractivity contribution in [3.8, 4) is 11.8 Å². The van der Waals surface area contributed by atoms with E-state index in [0.29, 0.717) is 6.42 Å². The topological polar surface area (TPSA) is 92.7 Å². The minimum atomic E-state index is -0.880. The number of rotatable bonds is 9. The first-order chi connectivity index (χ1) is 16.0. The van der Waals surface area contributed by atoms with Crippen LogP contribution in [-0.4, -0.2) is 44.7 Å². The van der Waals surface area contributed by atoms with E-state index in [-0.39, 0.29) is 23.0 Å². The molecule has 0 rings (SSSR count). The fourth-order valence-corrected chi connectivity index (χ4v) is 2.59. The summed E-state index contributed by atoms with van der Waals surface area (Å²) in [5.74, 6) is 5.13. The Hall–Kier alpha value is -1.21. The lowest BCUT2D eigenvalue weighted by Gasteiger charge is -2.35. The van der Waals surface area contributed by atoms with Crippen LogP contribution in [0, 0.1) is 17.3 Å². The summed E-state index contributed by atoms with van der Waals surface area (Å²) in [6, 6.07) is 0. The fourth-order valence-electron chi connectivity index (χ4n) is 2.59. The first-order valence-electron chi connectivity index (χ1n) is 12.8. The summed E-state index contributed by atoms with van der Waals surface area (Å²) in [6.07, 6.45) is 0.544. The van der Waals surface area contributed by atoms with Crippen LogP contribution in [0.15, 0.2) is 0 Å². The third-order valence-corrected chi connectivity index (χ3v) is 3.59. The van der Waals surface area contributed by atoms with Crippen molar-refractivity contribution in [3.63, 3.8) is 0 Å². The van der Waals surface area contributed by atoms with E-state index >= 15 is 0 Å². The predicted molar refractivity (Wildman–Crippen MR) is 146 cm³/mol. The Balaban J connectivity index is 0. The van der Waals surface area contributed by atoms with Gasteiger partial charge in [-0.15, -0.1) is 0 Å². The molecule has 0 saturated heterocycles. The lowest BCUT2D eigenvalue weighted by atomic mass is 9.81. The van der Waals surface area contributed by atoms with Crippen LogP contribution in [0.5, 0.6) is 0 Å². The Morgan fingerprint density at radius 1 is 0.541 bits per heavy atom. The lowest BCUT2D eigenvalue weighted by molar-refractivity contribution is -0.404. The number of carboxylic acids is 1. The highest BCUT2D eigenvalue weighted by atomic mass is 17.2. The Morgan fingerprint density at radius 3 is 1.08 bits per heavy atom. The van der Waals surface area contributed by atoms with Crippen molar-refractivity contribution in [3.05, 3.63) is 0 Å². The van der Waals surface area contributed by atoms with E-state index in [9.17, 15) is 4.79 Å². The van der Waals surface area contributed by atoms with Gasteiger partial charge in [-0.1, -0.05) is 32.6 Å². The van der Waals surface area contributed by atoms with E-state index < -0.39 is 28.4 Å². The van der Waals surface area contributed by atoms with Gasteiger partial charge in [-0.2, -0.15) is 0 Å². The molecule has 0 aromatic rings. The minimum Gasteiger partial charge on any atom is -0.481 e. The summed E-state index contributed by atoms with van der Waals surface area (Å²) in [5, 5.41) is 8.94. The molecule has 0 spiro atoms. The highest BCUT2D eigenvalue weighted by Gasteiger charge is 2.36. The molecular weight excluding hydrogens is 476 g/mol. The standard InChI is InChI=1S/C16H30O4.C13H26O4/c1-13(2,3)17-19-15(7,8)11-12-16(9,10)20-18-14(4,5)6;1-11(2,3)9-13(7,8-10(14)15)17-16-12(4,5)6/h1-10H3;8-9H2,1-7H3,(H,14,15). The van der Waals surface area contributed by atoms with Gasteiger partial charge < -0.3 is 5.11 Å². The van der Waals surface area contributed by atoms with E-state index in [1.54, 1.807) is 6.92 Å². The van der Waals surface area contributed by atoms with E-state index in [1.165, 1.54) is 0 Å². The third-order valence-electron chi connectivity index (χ3n) is 3.59. The Kier molecular flexibility index (Phi) is 14.1. The largest absolute Gasteiger partial charge is 0.481 e. The molecule has 0 saturated carbocycles. The Labute approximate surface area is 226 Å². The van der Waals surface area contributed by atoms with Crippen LogP contribution in [0.4, 0.5) is 0 Å². The first-order valence-corrected chi connectivity index (χ1v) is 12.8. The number of hydrogen-bond donors (Lipinski definition) is 1. The van der Waals surface area contributed by atoms with Gasteiger partial charge in [0.1, 0.15) is 5.60 Å². The Morgan fingerprint density at radius 2 is 0.838 bits per heavy atom. The van der Waals surface area contributed by atoms with Crippen molar-refractivity contribution in [1.82, 2.24) is 0 Å². The normalized spacial score (nSPS) is 15.2. The van der Waals surface area contributed by atoms with Crippen molar-refractivity contribution < 1.29 is 39.2 Å². The average Bonchev–Trinajstić information content (AvgIpc) is 2.59. The first kappa shape index (κ1) is 37.9. The summed E-state index contributed by atoms with van der Waals surface area (Å²) in [4.78, 5) is 42.9. The van der Waals surface area contributed by atoms with Crippen LogP contribution >= 0.6 is 0 Å². The molecule has 220 valence electrons. The molecule has 0 radical (unpaired) electrons. The maximum absolute atomic E-state index is 10.9. The molecule has 0 heterocycles. The molecule has 37 heavy (non-hydrogen) atoms.